The van der Waals surface area contributed by atoms with Crippen LogP contribution < -0.4 is 11.3 Å². The molecular formula is C18H17Cl2N3O2. The summed E-state index contributed by atoms with van der Waals surface area (Å²) in [4.78, 5) is 29.8. The van der Waals surface area contributed by atoms with Crippen molar-refractivity contribution >= 4 is 41.4 Å². The van der Waals surface area contributed by atoms with Gasteiger partial charge in [-0.2, -0.15) is 0 Å². The summed E-state index contributed by atoms with van der Waals surface area (Å²) in [5, 5.41) is 1.15. The lowest BCUT2D eigenvalue weighted by atomic mass is 10.0. The van der Waals surface area contributed by atoms with Gasteiger partial charge >= 0.3 is 0 Å². The van der Waals surface area contributed by atoms with E-state index in [9.17, 15) is 9.59 Å². The fourth-order valence-corrected chi connectivity index (χ4v) is 3.29. The topological polar surface area (TPSA) is 78.0 Å². The maximum atomic E-state index is 12.9. The van der Waals surface area contributed by atoms with Crippen molar-refractivity contribution in [2.75, 3.05) is 6.54 Å². The number of nitrogens with two attached hydrogens (primary N) is 1. The van der Waals surface area contributed by atoms with Crippen molar-refractivity contribution in [2.45, 2.75) is 13.0 Å². The molecule has 0 fully saturated rings. The molecule has 4 rings (SSSR count). The number of halogens is 2. The Kier molecular flexibility index (Phi) is 5.62. The highest BCUT2D eigenvalue weighted by Crippen LogP contribution is 2.38. The van der Waals surface area contributed by atoms with Crippen molar-refractivity contribution in [3.05, 3.63) is 64.2 Å². The normalized spacial score (nSPS) is 11.5. The van der Waals surface area contributed by atoms with E-state index in [1.54, 1.807) is 16.8 Å². The molecule has 2 N–H and O–H groups in total. The molecule has 0 saturated heterocycles. The van der Waals surface area contributed by atoms with Gasteiger partial charge in [-0.05, 0) is 19.0 Å². The van der Waals surface area contributed by atoms with Gasteiger partial charge in [0.1, 0.15) is 0 Å². The highest BCUT2D eigenvalue weighted by Gasteiger charge is 2.32. The first kappa shape index (κ1) is 19.1. The van der Waals surface area contributed by atoms with Crippen LogP contribution in [0, 0.1) is 0 Å². The number of hydrogen-bond acceptors (Lipinski definition) is 4. The van der Waals surface area contributed by atoms with Gasteiger partial charge in [-0.25, -0.2) is 0 Å². The molecule has 0 atom stereocenters. The third kappa shape index (κ3) is 2.74. The molecule has 5 nitrogen and oxygen atoms in total. The minimum atomic E-state index is -0.121. The van der Waals surface area contributed by atoms with E-state index in [-0.39, 0.29) is 36.2 Å². The molecule has 0 spiro atoms. The van der Waals surface area contributed by atoms with Crippen LogP contribution >= 0.6 is 24.8 Å². The molecule has 3 aromatic rings. The van der Waals surface area contributed by atoms with Crippen molar-refractivity contribution in [3.63, 3.8) is 0 Å². The molecule has 0 amide bonds. The SMILES string of the molecule is Cl.Cl.NCCCn1c2c(c3ccncc3c1=O)C(=O)c1ccccc1-2. The minimum Gasteiger partial charge on any atom is -0.330 e. The van der Waals surface area contributed by atoms with E-state index in [0.29, 0.717) is 47.1 Å². The van der Waals surface area contributed by atoms with E-state index in [1.165, 1.54) is 6.20 Å². The highest BCUT2D eigenvalue weighted by molar-refractivity contribution is 6.26. The quantitative estimate of drug-likeness (QED) is 0.595. The average Bonchev–Trinajstić information content (AvgIpc) is 2.89. The van der Waals surface area contributed by atoms with Gasteiger partial charge in [0.25, 0.3) is 5.56 Å². The Hall–Kier alpha value is -2.21. The lowest BCUT2D eigenvalue weighted by Gasteiger charge is -2.14. The van der Waals surface area contributed by atoms with Crippen LogP contribution in [0.15, 0.2) is 47.5 Å². The summed E-state index contributed by atoms with van der Waals surface area (Å²) in [6.45, 7) is 0.978. The van der Waals surface area contributed by atoms with E-state index >= 15 is 0 Å². The molecule has 25 heavy (non-hydrogen) atoms. The number of fused-ring (bicyclic) bond motifs is 5. The van der Waals surface area contributed by atoms with Crippen molar-refractivity contribution in [2.24, 2.45) is 5.73 Å². The van der Waals surface area contributed by atoms with Gasteiger partial charge < -0.3 is 10.3 Å². The zero-order chi connectivity index (χ0) is 16.0. The number of nitrogens with zero attached hydrogens (tertiary/aromatic N) is 2. The van der Waals surface area contributed by atoms with Gasteiger partial charge in [-0.3, -0.25) is 14.6 Å². The fraction of sp³-hybridized carbons (Fsp3) is 0.167. The molecule has 0 unspecified atom stereocenters. The predicted octanol–water partition coefficient (Wildman–Crippen LogP) is 2.80. The highest BCUT2D eigenvalue weighted by atomic mass is 35.5. The number of carbonyl (C=O) groups is 1. The zero-order valence-electron chi connectivity index (χ0n) is 13.3. The van der Waals surface area contributed by atoms with Crippen LogP contribution in [-0.2, 0) is 6.54 Å². The summed E-state index contributed by atoms with van der Waals surface area (Å²) >= 11 is 0. The van der Waals surface area contributed by atoms with E-state index < -0.39 is 0 Å². The van der Waals surface area contributed by atoms with E-state index in [2.05, 4.69) is 4.98 Å². The van der Waals surface area contributed by atoms with Crippen molar-refractivity contribution in [1.82, 2.24) is 9.55 Å². The number of aromatic nitrogens is 2. The van der Waals surface area contributed by atoms with Crippen molar-refractivity contribution in [1.29, 1.82) is 0 Å². The molecule has 0 bridgehead atoms. The molecule has 0 saturated carbocycles. The molecule has 7 heteroatoms. The molecule has 130 valence electrons. The van der Waals surface area contributed by atoms with E-state index in [1.807, 2.05) is 24.3 Å². The number of hydrogen-bond donors (Lipinski definition) is 1. The number of rotatable bonds is 3. The lowest BCUT2D eigenvalue weighted by molar-refractivity contribution is 0.104. The lowest BCUT2D eigenvalue weighted by Crippen LogP contribution is -2.24. The summed E-state index contributed by atoms with van der Waals surface area (Å²) in [7, 11) is 0. The summed E-state index contributed by atoms with van der Waals surface area (Å²) in [5.41, 5.74) is 8.27. The third-order valence-corrected chi connectivity index (χ3v) is 4.31. The summed E-state index contributed by atoms with van der Waals surface area (Å²) < 4.78 is 1.68. The minimum absolute atomic E-state index is 0. The smallest absolute Gasteiger partial charge is 0.260 e. The number of ketones is 1. The molecule has 2 heterocycles. The van der Waals surface area contributed by atoms with Gasteiger partial charge in [-0.1, -0.05) is 24.3 Å². The Labute approximate surface area is 156 Å². The monoisotopic (exact) mass is 377 g/mol. The first-order valence-electron chi connectivity index (χ1n) is 7.58. The maximum absolute atomic E-state index is 12.9. The predicted molar refractivity (Wildman–Crippen MR) is 103 cm³/mol. The first-order valence-corrected chi connectivity index (χ1v) is 7.58. The van der Waals surface area contributed by atoms with Crippen LogP contribution in [0.4, 0.5) is 0 Å². The second-order valence-corrected chi connectivity index (χ2v) is 5.62. The van der Waals surface area contributed by atoms with E-state index in [4.69, 9.17) is 5.73 Å². The molecular weight excluding hydrogens is 361 g/mol. The van der Waals surface area contributed by atoms with Crippen LogP contribution in [0.3, 0.4) is 0 Å². The number of carbonyl (C=O) groups excluding carboxylic acids is 1. The van der Waals surface area contributed by atoms with Gasteiger partial charge in [0.15, 0.2) is 5.78 Å². The summed E-state index contributed by atoms with van der Waals surface area (Å²) in [6, 6.07) is 9.17. The van der Waals surface area contributed by atoms with Crippen LogP contribution in [0.5, 0.6) is 0 Å². The molecule has 1 aliphatic carbocycles. The van der Waals surface area contributed by atoms with Crippen LogP contribution in [0.25, 0.3) is 22.0 Å². The second kappa shape index (κ2) is 7.35. The number of benzene rings is 1. The Morgan fingerprint density at radius 2 is 1.72 bits per heavy atom. The fourth-order valence-electron chi connectivity index (χ4n) is 3.29. The Morgan fingerprint density at radius 1 is 1.00 bits per heavy atom. The van der Waals surface area contributed by atoms with Crippen LogP contribution in [0.2, 0.25) is 0 Å². The maximum Gasteiger partial charge on any atom is 0.260 e. The Bertz CT molecular complexity index is 1010. The molecule has 0 radical (unpaired) electrons. The van der Waals surface area contributed by atoms with Gasteiger partial charge in [0.05, 0.1) is 16.6 Å². The van der Waals surface area contributed by atoms with Gasteiger partial charge in [0, 0.05) is 35.5 Å². The molecule has 2 aromatic heterocycles. The number of pyridine rings is 2. The first-order chi connectivity index (χ1) is 11.2. The van der Waals surface area contributed by atoms with Crippen molar-refractivity contribution in [3.8, 4) is 11.3 Å². The van der Waals surface area contributed by atoms with Gasteiger partial charge in [0.2, 0.25) is 0 Å². The van der Waals surface area contributed by atoms with Crippen LogP contribution in [0.1, 0.15) is 22.3 Å². The van der Waals surface area contributed by atoms with Crippen LogP contribution in [-0.4, -0.2) is 21.9 Å². The zero-order valence-corrected chi connectivity index (χ0v) is 14.9. The largest absolute Gasteiger partial charge is 0.330 e. The third-order valence-electron chi connectivity index (χ3n) is 4.31. The van der Waals surface area contributed by atoms with Gasteiger partial charge in [-0.15, -0.1) is 24.8 Å². The van der Waals surface area contributed by atoms with E-state index in [0.717, 1.165) is 5.56 Å². The summed E-state index contributed by atoms with van der Waals surface area (Å²) in [6.07, 6.45) is 3.82. The Morgan fingerprint density at radius 3 is 2.44 bits per heavy atom. The molecule has 1 aliphatic rings. The molecule has 1 aromatic carbocycles. The standard InChI is InChI=1S/C18H15N3O2.2ClH/c19-7-3-9-21-16-12-4-1-2-5-13(12)17(22)15(16)11-6-8-20-10-14(11)18(21)23;;/h1-2,4-6,8,10H,3,7,9,19H2;2*1H. The average molecular weight is 378 g/mol. The summed E-state index contributed by atoms with van der Waals surface area (Å²) in [5.74, 6) is -0.0340. The second-order valence-electron chi connectivity index (χ2n) is 5.62. The Balaban J connectivity index is 0.00000113. The van der Waals surface area contributed by atoms with Crippen molar-refractivity contribution < 1.29 is 4.79 Å². The molecule has 0 aliphatic heterocycles.